The van der Waals surface area contributed by atoms with Crippen molar-refractivity contribution in [1.82, 2.24) is 5.32 Å². The number of hydrogen-bond donors (Lipinski definition) is 1. The summed E-state index contributed by atoms with van der Waals surface area (Å²) in [5.41, 5.74) is 1.66. The highest BCUT2D eigenvalue weighted by atomic mass is 16.5. The van der Waals surface area contributed by atoms with E-state index in [1.165, 1.54) is 0 Å². The van der Waals surface area contributed by atoms with Crippen LogP contribution in [0.1, 0.15) is 81.6 Å². The zero-order valence-electron chi connectivity index (χ0n) is 18.9. The second-order valence-electron chi connectivity index (χ2n) is 8.41. The number of carbonyl (C=O) groups excluding carboxylic acids is 1. The quantitative estimate of drug-likeness (QED) is 0.245. The van der Waals surface area contributed by atoms with E-state index in [4.69, 9.17) is 22.3 Å². The molecule has 0 saturated carbocycles. The van der Waals surface area contributed by atoms with E-state index in [2.05, 4.69) is 37.9 Å². The molecule has 0 radical (unpaired) electrons. The Morgan fingerprint density at radius 2 is 1.47 bits per heavy atom. The molecule has 4 nitrogen and oxygen atoms in total. The second kappa shape index (κ2) is 14.5. The van der Waals surface area contributed by atoms with Crippen molar-refractivity contribution >= 4 is 6.29 Å². The lowest BCUT2D eigenvalue weighted by Crippen LogP contribution is -2.36. The second-order valence-corrected chi connectivity index (χ2v) is 8.41. The molecule has 0 amide bonds. The fourth-order valence-electron chi connectivity index (χ4n) is 2.96. The summed E-state index contributed by atoms with van der Waals surface area (Å²) in [5, 5.41) is 3.51. The average Bonchev–Trinajstić information content (AvgIpc) is 2.70. The van der Waals surface area contributed by atoms with Crippen molar-refractivity contribution in [2.45, 2.75) is 77.7 Å². The van der Waals surface area contributed by atoms with Crippen molar-refractivity contribution in [1.29, 1.82) is 0 Å². The molecule has 0 fully saturated rings. The Bertz CT molecular complexity index is 674. The predicted octanol–water partition coefficient (Wildman–Crippen LogP) is 5.18. The van der Waals surface area contributed by atoms with Gasteiger partial charge in [-0.15, -0.1) is 24.7 Å². The minimum atomic E-state index is 0.0775. The first-order chi connectivity index (χ1) is 14.4. The molecule has 0 aliphatic rings. The summed E-state index contributed by atoms with van der Waals surface area (Å²) in [4.78, 5) is 11.5. The first kappa shape index (κ1) is 25.6. The van der Waals surface area contributed by atoms with Gasteiger partial charge in [-0.05, 0) is 78.0 Å². The zero-order valence-corrected chi connectivity index (χ0v) is 18.9. The van der Waals surface area contributed by atoms with E-state index in [0.29, 0.717) is 18.8 Å². The topological polar surface area (TPSA) is 47.6 Å². The van der Waals surface area contributed by atoms with E-state index in [1.807, 2.05) is 12.1 Å². The van der Waals surface area contributed by atoms with Crippen molar-refractivity contribution in [3.05, 3.63) is 23.3 Å². The Kier molecular flexibility index (Phi) is 12.4. The molecule has 0 bridgehead atoms. The summed E-state index contributed by atoms with van der Waals surface area (Å²) in [7, 11) is 0. The smallest absolute Gasteiger partial charge is 0.150 e. The Morgan fingerprint density at radius 1 is 0.933 bits per heavy atom. The molecule has 164 valence electrons. The predicted molar refractivity (Wildman–Crippen MR) is 124 cm³/mol. The fourth-order valence-corrected chi connectivity index (χ4v) is 2.96. The molecular weight excluding hydrogens is 374 g/mol. The van der Waals surface area contributed by atoms with Crippen molar-refractivity contribution in [3.63, 3.8) is 0 Å². The molecule has 1 N–H and O–H groups in total. The lowest BCUT2D eigenvalue weighted by atomic mass is 10.0. The summed E-state index contributed by atoms with van der Waals surface area (Å²) >= 11 is 0. The van der Waals surface area contributed by atoms with Crippen LogP contribution in [0.3, 0.4) is 0 Å². The number of benzene rings is 1. The summed E-state index contributed by atoms with van der Waals surface area (Å²) in [6.45, 7) is 8.49. The van der Waals surface area contributed by atoms with E-state index in [-0.39, 0.29) is 5.54 Å². The third-order valence-corrected chi connectivity index (χ3v) is 4.53. The monoisotopic (exact) mass is 411 g/mol. The largest absolute Gasteiger partial charge is 0.493 e. The standard InChI is InChI=1S/C26H37NO3/c1-6-8-10-12-17-29-24-19-22(21-28)20-25(30-18-13-11-9-7-2)23(24)15-14-16-27-26(3,4)5/h1-2,19-21,27H,8-18H2,3-5H3. The summed E-state index contributed by atoms with van der Waals surface area (Å²) in [6.07, 6.45) is 18.3. The maximum absolute atomic E-state index is 11.5. The lowest BCUT2D eigenvalue weighted by molar-refractivity contribution is 0.112. The van der Waals surface area contributed by atoms with Gasteiger partial charge in [0.25, 0.3) is 0 Å². The van der Waals surface area contributed by atoms with Gasteiger partial charge in [0.2, 0.25) is 0 Å². The minimum absolute atomic E-state index is 0.0775. The zero-order chi connectivity index (χ0) is 22.2. The van der Waals surface area contributed by atoms with Crippen LogP contribution in [0, 0.1) is 24.7 Å². The number of ether oxygens (including phenoxy) is 2. The van der Waals surface area contributed by atoms with E-state index in [9.17, 15) is 4.79 Å². The van der Waals surface area contributed by atoms with Crippen molar-refractivity contribution < 1.29 is 14.3 Å². The highest BCUT2D eigenvalue weighted by Gasteiger charge is 2.15. The van der Waals surface area contributed by atoms with Crippen molar-refractivity contribution in [2.24, 2.45) is 0 Å². The van der Waals surface area contributed by atoms with Crippen LogP contribution in [0.2, 0.25) is 0 Å². The molecule has 1 aromatic rings. The Labute approximate surface area is 183 Å². The van der Waals surface area contributed by atoms with Gasteiger partial charge < -0.3 is 14.8 Å². The lowest BCUT2D eigenvalue weighted by Gasteiger charge is -2.21. The number of hydrogen-bond acceptors (Lipinski definition) is 4. The summed E-state index contributed by atoms with van der Waals surface area (Å²) < 4.78 is 12.1. The number of unbranched alkanes of at least 4 members (excludes halogenated alkanes) is 4. The molecule has 1 aromatic carbocycles. The normalized spacial score (nSPS) is 10.8. The Balaban J connectivity index is 2.90. The van der Waals surface area contributed by atoms with Gasteiger partial charge in [-0.2, -0.15) is 0 Å². The molecule has 0 atom stereocenters. The maximum atomic E-state index is 11.5. The van der Waals surface area contributed by atoms with Gasteiger partial charge in [-0.25, -0.2) is 0 Å². The minimum Gasteiger partial charge on any atom is -0.493 e. The van der Waals surface area contributed by atoms with Crippen LogP contribution in [-0.4, -0.2) is 31.6 Å². The number of aldehydes is 1. The molecule has 0 heterocycles. The number of nitrogens with one attached hydrogen (secondary N) is 1. The molecule has 0 aliphatic heterocycles. The third kappa shape index (κ3) is 10.9. The summed E-state index contributed by atoms with van der Waals surface area (Å²) in [6, 6.07) is 3.62. The Morgan fingerprint density at radius 3 is 1.90 bits per heavy atom. The average molecular weight is 412 g/mol. The van der Waals surface area contributed by atoms with Crippen LogP contribution in [0.25, 0.3) is 0 Å². The molecule has 0 spiro atoms. The van der Waals surface area contributed by atoms with Gasteiger partial charge in [0.05, 0.1) is 13.2 Å². The van der Waals surface area contributed by atoms with Gasteiger partial charge in [0.1, 0.15) is 17.8 Å². The molecular formula is C26H37NO3. The van der Waals surface area contributed by atoms with Crippen LogP contribution >= 0.6 is 0 Å². The van der Waals surface area contributed by atoms with E-state index in [1.54, 1.807) is 0 Å². The van der Waals surface area contributed by atoms with E-state index in [0.717, 1.165) is 81.3 Å². The van der Waals surface area contributed by atoms with Gasteiger partial charge in [-0.3, -0.25) is 4.79 Å². The van der Waals surface area contributed by atoms with E-state index >= 15 is 0 Å². The third-order valence-electron chi connectivity index (χ3n) is 4.53. The molecule has 0 aromatic heterocycles. The number of terminal acetylenes is 2. The van der Waals surface area contributed by atoms with E-state index < -0.39 is 0 Å². The van der Waals surface area contributed by atoms with Gasteiger partial charge in [-0.1, -0.05) is 0 Å². The van der Waals surface area contributed by atoms with Gasteiger partial charge in [0, 0.05) is 29.5 Å². The number of carbonyl (C=O) groups is 1. The highest BCUT2D eigenvalue weighted by molar-refractivity contribution is 5.77. The maximum Gasteiger partial charge on any atom is 0.150 e. The highest BCUT2D eigenvalue weighted by Crippen LogP contribution is 2.32. The first-order valence-electron chi connectivity index (χ1n) is 10.9. The Hall–Kier alpha value is -2.43. The van der Waals surface area contributed by atoms with Crippen LogP contribution in [-0.2, 0) is 6.42 Å². The molecule has 30 heavy (non-hydrogen) atoms. The van der Waals surface area contributed by atoms with Crippen molar-refractivity contribution in [2.75, 3.05) is 19.8 Å². The van der Waals surface area contributed by atoms with Crippen molar-refractivity contribution in [3.8, 4) is 36.2 Å². The molecule has 0 aliphatic carbocycles. The van der Waals surface area contributed by atoms with Crippen LogP contribution in [0.4, 0.5) is 0 Å². The molecule has 4 heteroatoms. The molecule has 1 rings (SSSR count). The van der Waals surface area contributed by atoms with Crippen LogP contribution < -0.4 is 14.8 Å². The van der Waals surface area contributed by atoms with Gasteiger partial charge in [0.15, 0.2) is 0 Å². The SMILES string of the molecule is C#CCCCCOc1cc(C=O)cc(OCCCCC#C)c1CCCNC(C)(C)C. The van der Waals surface area contributed by atoms with Crippen LogP contribution in [0.5, 0.6) is 11.5 Å². The first-order valence-corrected chi connectivity index (χ1v) is 10.9. The van der Waals surface area contributed by atoms with Crippen LogP contribution in [0.15, 0.2) is 12.1 Å². The molecule has 0 saturated heterocycles. The summed E-state index contributed by atoms with van der Waals surface area (Å²) in [5.74, 6) is 6.76. The van der Waals surface area contributed by atoms with Gasteiger partial charge >= 0.3 is 0 Å². The fraction of sp³-hybridized carbons (Fsp3) is 0.577. The molecule has 0 unspecified atom stereocenters. The number of rotatable bonds is 15.